The van der Waals surface area contributed by atoms with Gasteiger partial charge >= 0.3 is 5.97 Å². The average molecular weight is 424 g/mol. The maximum Gasteiger partial charge on any atom is 0.338 e. The molecule has 0 aliphatic carbocycles. The van der Waals surface area contributed by atoms with Gasteiger partial charge in [-0.3, -0.25) is 0 Å². The van der Waals surface area contributed by atoms with Gasteiger partial charge in [0.15, 0.2) is 0 Å². The predicted molar refractivity (Wildman–Crippen MR) is 118 cm³/mol. The zero-order valence-corrected chi connectivity index (χ0v) is 18.4. The van der Waals surface area contributed by atoms with Crippen LogP contribution in [0.15, 0.2) is 71.6 Å². The molecule has 0 saturated carbocycles. The lowest BCUT2D eigenvalue weighted by Crippen LogP contribution is -2.26. The van der Waals surface area contributed by atoms with Crippen LogP contribution in [-0.4, -0.2) is 32.8 Å². The first-order valence-corrected chi connectivity index (χ1v) is 11.0. The molecule has 0 amide bonds. The third-order valence-corrected chi connectivity index (χ3v) is 6.88. The molecule has 0 radical (unpaired) electrons. The molecule has 0 saturated heterocycles. The van der Waals surface area contributed by atoms with Crippen molar-refractivity contribution in [2.75, 3.05) is 14.2 Å². The van der Waals surface area contributed by atoms with E-state index >= 15 is 0 Å². The van der Waals surface area contributed by atoms with Crippen LogP contribution in [0.4, 0.5) is 0 Å². The van der Waals surface area contributed by atoms with Crippen molar-refractivity contribution in [3.63, 3.8) is 0 Å². The summed E-state index contributed by atoms with van der Waals surface area (Å²) in [6, 6.07) is 19.8. The topological polar surface area (TPSA) is 63.7 Å². The van der Waals surface area contributed by atoms with Crippen molar-refractivity contribution < 1.29 is 17.9 Å². The highest BCUT2D eigenvalue weighted by Gasteiger charge is 2.22. The number of aryl methyl sites for hydroxylation is 2. The Hall–Kier alpha value is -2.96. The van der Waals surface area contributed by atoms with Gasteiger partial charge in [-0.2, -0.15) is 4.31 Å². The van der Waals surface area contributed by atoms with Crippen LogP contribution in [0.25, 0.3) is 11.1 Å². The number of benzene rings is 3. The number of rotatable bonds is 6. The number of nitrogens with zero attached hydrogens (tertiary/aromatic N) is 1. The smallest absolute Gasteiger partial charge is 0.338 e. The SMILES string of the molecule is COC(=O)c1ccc(CN(C)S(=O)(=O)c2ccc(C)cc2)cc1-c1ccccc1C. The number of ether oxygens (including phenoxy) is 1. The summed E-state index contributed by atoms with van der Waals surface area (Å²) in [6.45, 7) is 4.06. The van der Waals surface area contributed by atoms with Gasteiger partial charge in [0.05, 0.1) is 17.6 Å². The number of carbonyl (C=O) groups excluding carboxylic acids is 1. The lowest BCUT2D eigenvalue weighted by Gasteiger charge is -2.19. The van der Waals surface area contributed by atoms with Crippen molar-refractivity contribution in [2.24, 2.45) is 0 Å². The van der Waals surface area contributed by atoms with Crippen molar-refractivity contribution in [3.8, 4) is 11.1 Å². The van der Waals surface area contributed by atoms with Gasteiger partial charge in [0, 0.05) is 13.6 Å². The van der Waals surface area contributed by atoms with Gasteiger partial charge in [-0.05, 0) is 60.4 Å². The first-order valence-electron chi connectivity index (χ1n) is 9.54. The summed E-state index contributed by atoms with van der Waals surface area (Å²) in [5.74, 6) is -0.430. The fourth-order valence-corrected chi connectivity index (χ4v) is 4.47. The Labute approximate surface area is 178 Å². The van der Waals surface area contributed by atoms with E-state index in [2.05, 4.69) is 0 Å². The van der Waals surface area contributed by atoms with Crippen LogP contribution >= 0.6 is 0 Å². The maximum atomic E-state index is 12.9. The van der Waals surface area contributed by atoms with Crippen molar-refractivity contribution in [2.45, 2.75) is 25.3 Å². The van der Waals surface area contributed by atoms with E-state index in [1.807, 2.05) is 44.2 Å². The normalized spacial score (nSPS) is 11.5. The predicted octanol–water partition coefficient (Wildman–Crippen LogP) is 4.58. The molecule has 30 heavy (non-hydrogen) atoms. The highest BCUT2D eigenvalue weighted by molar-refractivity contribution is 7.89. The first-order chi connectivity index (χ1) is 14.2. The fourth-order valence-electron chi connectivity index (χ4n) is 3.31. The molecular formula is C24H25NO4S. The first kappa shape index (κ1) is 21.7. The average Bonchev–Trinajstić information content (AvgIpc) is 2.73. The Balaban J connectivity index is 1.99. The molecule has 3 rings (SSSR count). The summed E-state index contributed by atoms with van der Waals surface area (Å²) >= 11 is 0. The Bertz CT molecular complexity index is 1170. The second kappa shape index (κ2) is 8.81. The van der Waals surface area contributed by atoms with Crippen molar-refractivity contribution >= 4 is 16.0 Å². The van der Waals surface area contributed by atoms with E-state index in [1.165, 1.54) is 11.4 Å². The number of hydrogen-bond donors (Lipinski definition) is 0. The molecular weight excluding hydrogens is 398 g/mol. The molecule has 3 aromatic carbocycles. The molecule has 0 aliphatic heterocycles. The summed E-state index contributed by atoms with van der Waals surface area (Å²) in [5, 5.41) is 0. The van der Waals surface area contributed by atoms with Gasteiger partial charge in [-0.25, -0.2) is 13.2 Å². The van der Waals surface area contributed by atoms with Crippen LogP contribution in [0.1, 0.15) is 27.0 Å². The lowest BCUT2D eigenvalue weighted by atomic mass is 9.94. The summed E-state index contributed by atoms with van der Waals surface area (Å²) in [6.07, 6.45) is 0. The monoisotopic (exact) mass is 423 g/mol. The van der Waals surface area contributed by atoms with Crippen LogP contribution in [0.5, 0.6) is 0 Å². The molecule has 0 heterocycles. The third kappa shape index (κ3) is 4.45. The maximum absolute atomic E-state index is 12.9. The van der Waals surface area contributed by atoms with Crippen molar-refractivity contribution in [1.82, 2.24) is 4.31 Å². The summed E-state index contributed by atoms with van der Waals surface area (Å²) in [4.78, 5) is 12.5. The Kier molecular flexibility index (Phi) is 6.39. The van der Waals surface area contributed by atoms with Gasteiger partial charge in [0.2, 0.25) is 10.0 Å². The summed E-state index contributed by atoms with van der Waals surface area (Å²) in [7, 11) is -0.730. The second-order valence-electron chi connectivity index (χ2n) is 7.26. The molecule has 156 valence electrons. The number of methoxy groups -OCH3 is 1. The molecule has 0 unspecified atom stereocenters. The Morgan fingerprint density at radius 1 is 0.933 bits per heavy atom. The molecule has 0 N–H and O–H groups in total. The largest absolute Gasteiger partial charge is 0.465 e. The van der Waals surface area contributed by atoms with Gasteiger partial charge in [0.25, 0.3) is 0 Å². The highest BCUT2D eigenvalue weighted by Crippen LogP contribution is 2.29. The molecule has 0 bridgehead atoms. The van der Waals surface area contributed by atoms with E-state index in [-0.39, 0.29) is 11.4 Å². The minimum atomic E-state index is -3.63. The number of hydrogen-bond acceptors (Lipinski definition) is 4. The second-order valence-corrected chi connectivity index (χ2v) is 9.31. The Morgan fingerprint density at radius 3 is 2.23 bits per heavy atom. The van der Waals surface area contributed by atoms with Crippen LogP contribution in [0, 0.1) is 13.8 Å². The van der Waals surface area contributed by atoms with E-state index in [0.29, 0.717) is 5.56 Å². The van der Waals surface area contributed by atoms with E-state index in [4.69, 9.17) is 4.74 Å². The minimum Gasteiger partial charge on any atom is -0.465 e. The fraction of sp³-hybridized carbons (Fsp3) is 0.208. The molecule has 0 aromatic heterocycles. The van der Waals surface area contributed by atoms with E-state index in [1.54, 1.807) is 43.4 Å². The molecule has 6 heteroatoms. The molecule has 3 aromatic rings. The number of carbonyl (C=O) groups is 1. The summed E-state index contributed by atoms with van der Waals surface area (Å²) in [5.41, 5.74) is 4.86. The van der Waals surface area contributed by atoms with E-state index < -0.39 is 16.0 Å². The van der Waals surface area contributed by atoms with Crippen molar-refractivity contribution in [1.29, 1.82) is 0 Å². The van der Waals surface area contributed by atoms with Gasteiger partial charge in [-0.1, -0.05) is 48.0 Å². The molecule has 0 aliphatic rings. The molecule has 0 fully saturated rings. The highest BCUT2D eigenvalue weighted by atomic mass is 32.2. The molecule has 0 atom stereocenters. The van der Waals surface area contributed by atoms with E-state index in [0.717, 1.165) is 27.8 Å². The zero-order chi connectivity index (χ0) is 21.9. The third-order valence-electron chi connectivity index (χ3n) is 5.06. The molecule has 0 spiro atoms. The standard InChI is InChI=1S/C24H25NO4S/c1-17-9-12-20(13-10-17)30(27,28)25(3)16-19-11-14-22(24(26)29-4)23(15-19)21-8-6-5-7-18(21)2/h5-15H,16H2,1-4H3. The number of sulfonamides is 1. The van der Waals surface area contributed by atoms with E-state index in [9.17, 15) is 13.2 Å². The van der Waals surface area contributed by atoms with Gasteiger partial charge in [-0.15, -0.1) is 0 Å². The van der Waals surface area contributed by atoms with Gasteiger partial charge < -0.3 is 4.74 Å². The Morgan fingerprint density at radius 2 is 1.60 bits per heavy atom. The zero-order valence-electron chi connectivity index (χ0n) is 17.5. The van der Waals surface area contributed by atoms with Crippen LogP contribution in [0.3, 0.4) is 0 Å². The lowest BCUT2D eigenvalue weighted by molar-refractivity contribution is 0.0601. The van der Waals surface area contributed by atoms with Gasteiger partial charge in [0.1, 0.15) is 0 Å². The minimum absolute atomic E-state index is 0.177. The molecule has 5 nitrogen and oxygen atoms in total. The quantitative estimate of drug-likeness (QED) is 0.545. The van der Waals surface area contributed by atoms with Crippen LogP contribution < -0.4 is 0 Å². The summed E-state index contributed by atoms with van der Waals surface area (Å²) < 4.78 is 32.1. The van der Waals surface area contributed by atoms with Crippen molar-refractivity contribution in [3.05, 3.63) is 89.0 Å². The van der Waals surface area contributed by atoms with Crippen LogP contribution in [0.2, 0.25) is 0 Å². The number of esters is 1. The van der Waals surface area contributed by atoms with Crippen LogP contribution in [-0.2, 0) is 21.3 Å².